The number of hydrogen-bond donors (Lipinski definition) is 10. The molecule has 10 N–H and O–H groups in total. The van der Waals surface area contributed by atoms with Gasteiger partial charge in [-0.15, -0.1) is 0 Å². The molecule has 0 bridgehead atoms. The van der Waals surface area contributed by atoms with Gasteiger partial charge in [0.05, 0.1) is 24.7 Å². The zero-order chi connectivity index (χ0) is 38.4. The first-order chi connectivity index (χ1) is 24.6. The molecule has 1 aromatic rings. The number of hydrogen-bond acceptors (Lipinski definition) is 18. The van der Waals surface area contributed by atoms with E-state index in [-0.39, 0.29) is 11.4 Å². The molecule has 0 unspecified atom stereocenters. The van der Waals surface area contributed by atoms with Crippen LogP contribution in [0.3, 0.4) is 0 Å². The molecule has 3 aliphatic heterocycles. The molecule has 3 heterocycles. The van der Waals surface area contributed by atoms with Crippen molar-refractivity contribution in [1.29, 1.82) is 0 Å². The second kappa shape index (κ2) is 17.9. The number of nitro benzene ring substituents is 1. The van der Waals surface area contributed by atoms with Crippen LogP contribution < -0.4 is 20.7 Å². The lowest BCUT2D eigenvalue weighted by molar-refractivity contribution is -0.384. The summed E-state index contributed by atoms with van der Waals surface area (Å²) in [5.41, 5.74) is -0.273. The molecule has 0 aromatic heterocycles. The summed E-state index contributed by atoms with van der Waals surface area (Å²) >= 11 is 0. The molecule has 0 saturated carbocycles. The molecule has 15 atom stereocenters. The number of rotatable bonds is 13. The summed E-state index contributed by atoms with van der Waals surface area (Å²) in [7, 11) is 0. The smallest absolute Gasteiger partial charge is 0.269 e. The van der Waals surface area contributed by atoms with E-state index in [1.807, 2.05) is 0 Å². The Morgan fingerprint density at radius 3 is 1.63 bits per heavy atom. The first-order valence-electron chi connectivity index (χ1n) is 16.1. The Kier molecular flexibility index (Phi) is 14.2. The van der Waals surface area contributed by atoms with Gasteiger partial charge in [0.2, 0.25) is 24.0 Å². The van der Waals surface area contributed by atoms with Crippen molar-refractivity contribution < 1.29 is 83.5 Å². The molecular formula is C30H44N4O18. The first kappa shape index (κ1) is 41.1. The normalized spacial score (nSPS) is 37.8. The summed E-state index contributed by atoms with van der Waals surface area (Å²) < 4.78 is 35.2. The summed E-state index contributed by atoms with van der Waals surface area (Å²) in [6, 6.07) is 0.425. The lowest BCUT2D eigenvalue weighted by atomic mass is 9.94. The van der Waals surface area contributed by atoms with Gasteiger partial charge < -0.3 is 80.1 Å². The standard InChI is InChI=1S/C30H44N4O18/c1-11(37)31-19-25(43)22(40)16(8-35)49-28(19)47-10-18-24(42)27(52-29-20(32-12(2)38)26(44)23(41)17(9-36)50-29)21(33-13(3)39)30(51-18)48-15-6-4-14(5-7-15)34(45)46/h4-7,16-30,35-36,40-44H,8-10H2,1-3H3,(H,31,37)(H,32,38)(H,33,39)/t16-,17-,18-,19-,20-,21-,22-,23-,24+,25-,26-,27-,28-,29+,30+/m1/s1. The molecule has 3 fully saturated rings. The Hall–Kier alpha value is -3.65. The Labute approximate surface area is 295 Å². The predicted octanol–water partition coefficient (Wildman–Crippen LogP) is -5.15. The van der Waals surface area contributed by atoms with Crippen LogP contribution in [0.5, 0.6) is 5.75 Å². The second-order valence-corrected chi connectivity index (χ2v) is 12.4. The van der Waals surface area contributed by atoms with E-state index in [9.17, 15) is 60.2 Å². The number of aliphatic hydroxyl groups is 7. The fraction of sp³-hybridized carbons (Fsp3) is 0.700. The maximum absolute atomic E-state index is 12.5. The van der Waals surface area contributed by atoms with Crippen molar-refractivity contribution in [2.24, 2.45) is 0 Å². The first-order valence-corrected chi connectivity index (χ1v) is 16.1. The van der Waals surface area contributed by atoms with E-state index in [0.29, 0.717) is 0 Å². The molecule has 0 aliphatic carbocycles. The summed E-state index contributed by atoms with van der Waals surface area (Å²) in [4.78, 5) is 47.0. The molecule has 0 spiro atoms. The van der Waals surface area contributed by atoms with Crippen LogP contribution >= 0.6 is 0 Å². The zero-order valence-electron chi connectivity index (χ0n) is 28.2. The number of nitrogens with zero attached hydrogens (tertiary/aromatic N) is 1. The van der Waals surface area contributed by atoms with Gasteiger partial charge in [-0.1, -0.05) is 0 Å². The van der Waals surface area contributed by atoms with Gasteiger partial charge in [-0.25, -0.2) is 0 Å². The molecular weight excluding hydrogens is 704 g/mol. The summed E-state index contributed by atoms with van der Waals surface area (Å²) in [6.45, 7) is 1.17. The summed E-state index contributed by atoms with van der Waals surface area (Å²) in [5, 5.41) is 92.1. The van der Waals surface area contributed by atoms with E-state index >= 15 is 0 Å². The van der Waals surface area contributed by atoms with Crippen molar-refractivity contribution in [2.45, 2.75) is 113 Å². The maximum Gasteiger partial charge on any atom is 0.269 e. The summed E-state index contributed by atoms with van der Waals surface area (Å²) in [6.07, 6.45) is -19.3. The average Bonchev–Trinajstić information content (AvgIpc) is 3.08. The molecule has 0 radical (unpaired) electrons. The van der Waals surface area contributed by atoms with E-state index in [1.54, 1.807) is 0 Å². The van der Waals surface area contributed by atoms with Gasteiger partial charge in [-0.05, 0) is 12.1 Å². The number of nitrogens with one attached hydrogen (secondary N) is 3. The summed E-state index contributed by atoms with van der Waals surface area (Å²) in [5.74, 6) is -2.00. The predicted molar refractivity (Wildman–Crippen MR) is 168 cm³/mol. The molecule has 3 amide bonds. The highest BCUT2D eigenvalue weighted by Gasteiger charge is 2.53. The topological polar surface area (TPSA) is 327 Å². The second-order valence-electron chi connectivity index (χ2n) is 12.4. The Morgan fingerprint density at radius 2 is 1.15 bits per heavy atom. The van der Waals surface area contributed by atoms with Crippen LogP contribution in [0.1, 0.15) is 20.8 Å². The third-order valence-electron chi connectivity index (χ3n) is 8.56. The van der Waals surface area contributed by atoms with E-state index < -0.39 is 134 Å². The minimum atomic E-state index is -1.81. The van der Waals surface area contributed by atoms with E-state index in [2.05, 4.69) is 16.0 Å². The van der Waals surface area contributed by atoms with Gasteiger partial charge in [-0.2, -0.15) is 0 Å². The maximum atomic E-state index is 12.5. The van der Waals surface area contributed by atoms with E-state index in [4.69, 9.17) is 28.4 Å². The SMILES string of the molecule is CC(=O)N[C@H]1[C@H](OC[C@H]2O[C@H](Oc3ccc([N+](=O)[O-])cc3)[C@H](NC(C)=O)[C@@H](O[C@@H]3O[C@H](CO)[C@@H](O)[C@H](O)[C@H]3NC(C)=O)[C@H]2O)O[C@H](CO)[C@@H](O)[C@@H]1O. The number of aliphatic hydroxyl groups excluding tert-OH is 7. The van der Waals surface area contributed by atoms with E-state index in [1.165, 1.54) is 12.1 Å². The number of non-ortho nitro benzene ring substituents is 1. The minimum Gasteiger partial charge on any atom is -0.463 e. The number of ether oxygens (including phenoxy) is 6. The van der Waals surface area contributed by atoms with Crippen LogP contribution in [0, 0.1) is 10.1 Å². The zero-order valence-corrected chi connectivity index (χ0v) is 28.2. The van der Waals surface area contributed by atoms with Crippen LogP contribution in [-0.4, -0.2) is 170 Å². The van der Waals surface area contributed by atoms with Gasteiger partial charge >= 0.3 is 0 Å². The highest BCUT2D eigenvalue weighted by molar-refractivity contribution is 5.74. The highest BCUT2D eigenvalue weighted by Crippen LogP contribution is 2.32. The van der Waals surface area contributed by atoms with Crippen molar-refractivity contribution >= 4 is 23.4 Å². The van der Waals surface area contributed by atoms with Crippen molar-refractivity contribution in [3.8, 4) is 5.75 Å². The molecule has 1 aromatic carbocycles. The van der Waals surface area contributed by atoms with Gasteiger partial charge in [-0.3, -0.25) is 24.5 Å². The van der Waals surface area contributed by atoms with Gasteiger partial charge in [0, 0.05) is 32.9 Å². The molecule has 22 heteroatoms. The lowest BCUT2D eigenvalue weighted by Crippen LogP contribution is -2.70. The minimum absolute atomic E-state index is 0.00563. The molecule has 3 saturated heterocycles. The Balaban J connectivity index is 1.70. The number of benzene rings is 1. The number of carbonyl (C=O) groups is 3. The van der Waals surface area contributed by atoms with E-state index in [0.717, 1.165) is 32.9 Å². The van der Waals surface area contributed by atoms with Gasteiger partial charge in [0.25, 0.3) is 5.69 Å². The number of nitro groups is 1. The van der Waals surface area contributed by atoms with Crippen molar-refractivity contribution in [3.63, 3.8) is 0 Å². The quantitative estimate of drug-likeness (QED) is 0.0666. The third kappa shape index (κ3) is 9.66. The largest absolute Gasteiger partial charge is 0.463 e. The van der Waals surface area contributed by atoms with Crippen LogP contribution in [0.4, 0.5) is 5.69 Å². The number of carbonyl (C=O) groups excluding carboxylic acids is 3. The Morgan fingerprint density at radius 1 is 0.692 bits per heavy atom. The fourth-order valence-corrected chi connectivity index (χ4v) is 6.03. The van der Waals surface area contributed by atoms with Crippen molar-refractivity contribution in [3.05, 3.63) is 34.4 Å². The van der Waals surface area contributed by atoms with Crippen LogP contribution in [-0.2, 0) is 38.1 Å². The van der Waals surface area contributed by atoms with Crippen LogP contribution in [0.25, 0.3) is 0 Å². The Bertz CT molecular complexity index is 1390. The molecule has 3 aliphatic rings. The van der Waals surface area contributed by atoms with Crippen molar-refractivity contribution in [2.75, 3.05) is 19.8 Å². The van der Waals surface area contributed by atoms with Gasteiger partial charge in [0.15, 0.2) is 12.6 Å². The van der Waals surface area contributed by atoms with Gasteiger partial charge in [0.1, 0.15) is 78.8 Å². The van der Waals surface area contributed by atoms with Crippen LogP contribution in [0.15, 0.2) is 24.3 Å². The average molecular weight is 749 g/mol. The fourth-order valence-electron chi connectivity index (χ4n) is 6.03. The molecule has 292 valence electrons. The molecule has 4 rings (SSSR count). The molecule has 22 nitrogen and oxygen atoms in total. The van der Waals surface area contributed by atoms with Crippen molar-refractivity contribution in [1.82, 2.24) is 16.0 Å². The lowest BCUT2D eigenvalue weighted by Gasteiger charge is -2.48. The molecule has 52 heavy (non-hydrogen) atoms. The highest BCUT2D eigenvalue weighted by atomic mass is 16.7. The monoisotopic (exact) mass is 748 g/mol. The van der Waals surface area contributed by atoms with Crippen LogP contribution in [0.2, 0.25) is 0 Å². The third-order valence-corrected chi connectivity index (χ3v) is 8.56. The number of amides is 3.